The SMILES string of the molecule is C[C@@H](NC(=O)Nc1nccs1)c1cc(F)ccc1F. The summed E-state index contributed by atoms with van der Waals surface area (Å²) in [5.41, 5.74) is 0.0919. The van der Waals surface area contributed by atoms with E-state index in [1.54, 1.807) is 18.5 Å². The fraction of sp³-hybridized carbons (Fsp3) is 0.167. The summed E-state index contributed by atoms with van der Waals surface area (Å²) in [5, 5.41) is 7.16. The van der Waals surface area contributed by atoms with Gasteiger partial charge in [0.15, 0.2) is 5.13 Å². The molecule has 0 saturated carbocycles. The van der Waals surface area contributed by atoms with Crippen LogP contribution in [-0.2, 0) is 0 Å². The molecule has 0 bridgehead atoms. The predicted molar refractivity (Wildman–Crippen MR) is 69.0 cm³/mol. The zero-order valence-electron chi connectivity index (χ0n) is 9.98. The zero-order chi connectivity index (χ0) is 13.8. The molecule has 7 heteroatoms. The summed E-state index contributed by atoms with van der Waals surface area (Å²) in [6.45, 7) is 1.57. The van der Waals surface area contributed by atoms with E-state index in [1.807, 2.05) is 0 Å². The number of hydrogen-bond donors (Lipinski definition) is 2. The highest BCUT2D eigenvalue weighted by molar-refractivity contribution is 7.13. The highest BCUT2D eigenvalue weighted by Crippen LogP contribution is 2.18. The maximum atomic E-state index is 13.5. The second-order valence-electron chi connectivity index (χ2n) is 3.82. The minimum absolute atomic E-state index is 0.0919. The number of carbonyl (C=O) groups excluding carboxylic acids is 1. The van der Waals surface area contributed by atoms with E-state index >= 15 is 0 Å². The molecule has 19 heavy (non-hydrogen) atoms. The number of aromatic nitrogens is 1. The Morgan fingerprint density at radius 3 is 2.89 bits per heavy atom. The number of rotatable bonds is 3. The van der Waals surface area contributed by atoms with Crippen LogP contribution in [0.3, 0.4) is 0 Å². The number of amides is 2. The van der Waals surface area contributed by atoms with Gasteiger partial charge in [-0.2, -0.15) is 0 Å². The van der Waals surface area contributed by atoms with Crippen LogP contribution >= 0.6 is 11.3 Å². The Morgan fingerprint density at radius 2 is 2.21 bits per heavy atom. The molecule has 100 valence electrons. The molecule has 1 aromatic carbocycles. The monoisotopic (exact) mass is 283 g/mol. The average Bonchev–Trinajstić information content (AvgIpc) is 2.84. The normalized spacial score (nSPS) is 11.9. The van der Waals surface area contributed by atoms with Gasteiger partial charge in [0.1, 0.15) is 11.6 Å². The first-order chi connectivity index (χ1) is 9.06. The van der Waals surface area contributed by atoms with Crippen molar-refractivity contribution in [2.45, 2.75) is 13.0 Å². The Labute approximate surface area is 112 Å². The zero-order valence-corrected chi connectivity index (χ0v) is 10.8. The Kier molecular flexibility index (Phi) is 4.06. The number of thiazole rings is 1. The van der Waals surface area contributed by atoms with Crippen molar-refractivity contribution >= 4 is 22.5 Å². The van der Waals surface area contributed by atoms with E-state index in [-0.39, 0.29) is 5.56 Å². The van der Waals surface area contributed by atoms with Gasteiger partial charge in [-0.1, -0.05) is 0 Å². The van der Waals surface area contributed by atoms with Crippen molar-refractivity contribution in [3.05, 3.63) is 47.0 Å². The first-order valence-electron chi connectivity index (χ1n) is 5.48. The molecule has 1 atom stereocenters. The number of anilines is 1. The Balaban J connectivity index is 2.02. The second kappa shape index (κ2) is 5.75. The minimum Gasteiger partial charge on any atom is -0.331 e. The lowest BCUT2D eigenvalue weighted by atomic mass is 10.1. The molecule has 0 aliphatic rings. The maximum Gasteiger partial charge on any atom is 0.321 e. The van der Waals surface area contributed by atoms with Crippen LogP contribution in [0.4, 0.5) is 18.7 Å². The van der Waals surface area contributed by atoms with E-state index in [0.29, 0.717) is 5.13 Å². The molecule has 0 fully saturated rings. The van der Waals surface area contributed by atoms with Crippen LogP contribution in [0.1, 0.15) is 18.5 Å². The highest BCUT2D eigenvalue weighted by atomic mass is 32.1. The summed E-state index contributed by atoms with van der Waals surface area (Å²) in [5.74, 6) is -1.12. The van der Waals surface area contributed by atoms with Crippen molar-refractivity contribution < 1.29 is 13.6 Å². The van der Waals surface area contributed by atoms with Gasteiger partial charge in [-0.15, -0.1) is 11.3 Å². The van der Waals surface area contributed by atoms with Crippen molar-refractivity contribution in [1.82, 2.24) is 10.3 Å². The standard InChI is InChI=1S/C12H11F2N3OS/c1-7(9-6-8(13)2-3-10(9)14)16-11(18)17-12-15-4-5-19-12/h2-7H,1H3,(H2,15,16,17,18)/t7-/m1/s1. The van der Waals surface area contributed by atoms with Crippen LogP contribution in [0, 0.1) is 11.6 Å². The molecule has 0 aliphatic heterocycles. The van der Waals surface area contributed by atoms with Crippen molar-refractivity contribution in [2.75, 3.05) is 5.32 Å². The number of urea groups is 1. The van der Waals surface area contributed by atoms with Gasteiger partial charge in [-0.25, -0.2) is 18.6 Å². The quantitative estimate of drug-likeness (QED) is 0.908. The average molecular weight is 283 g/mol. The van der Waals surface area contributed by atoms with Crippen LogP contribution in [0.15, 0.2) is 29.8 Å². The topological polar surface area (TPSA) is 54.0 Å². The van der Waals surface area contributed by atoms with Crippen LogP contribution in [0.2, 0.25) is 0 Å². The lowest BCUT2D eigenvalue weighted by Gasteiger charge is -2.15. The molecule has 2 amide bonds. The lowest BCUT2D eigenvalue weighted by Crippen LogP contribution is -2.31. The van der Waals surface area contributed by atoms with Gasteiger partial charge < -0.3 is 5.32 Å². The van der Waals surface area contributed by atoms with Crippen LogP contribution in [0.5, 0.6) is 0 Å². The first kappa shape index (κ1) is 13.4. The molecular weight excluding hydrogens is 272 g/mol. The molecule has 0 spiro atoms. The molecule has 1 aromatic heterocycles. The van der Waals surface area contributed by atoms with E-state index in [4.69, 9.17) is 0 Å². The van der Waals surface area contributed by atoms with Gasteiger partial charge in [0, 0.05) is 17.1 Å². The van der Waals surface area contributed by atoms with E-state index < -0.39 is 23.7 Å². The van der Waals surface area contributed by atoms with E-state index in [2.05, 4.69) is 15.6 Å². The highest BCUT2D eigenvalue weighted by Gasteiger charge is 2.14. The first-order valence-corrected chi connectivity index (χ1v) is 6.36. The molecule has 4 nitrogen and oxygen atoms in total. The molecule has 2 rings (SSSR count). The van der Waals surface area contributed by atoms with Crippen molar-refractivity contribution in [3.63, 3.8) is 0 Å². The van der Waals surface area contributed by atoms with E-state index in [9.17, 15) is 13.6 Å². The number of halogens is 2. The number of carbonyl (C=O) groups is 1. The van der Waals surface area contributed by atoms with Gasteiger partial charge in [0.25, 0.3) is 0 Å². The molecule has 0 saturated heterocycles. The molecular formula is C12H11F2N3OS. The number of nitrogens with one attached hydrogen (secondary N) is 2. The predicted octanol–water partition coefficient (Wildman–Crippen LogP) is 3.30. The van der Waals surface area contributed by atoms with Crippen molar-refractivity contribution in [3.8, 4) is 0 Å². The number of benzene rings is 1. The van der Waals surface area contributed by atoms with Gasteiger partial charge in [-0.3, -0.25) is 5.32 Å². The van der Waals surface area contributed by atoms with Gasteiger partial charge in [-0.05, 0) is 25.1 Å². The third-order valence-electron chi connectivity index (χ3n) is 2.42. The number of hydrogen-bond acceptors (Lipinski definition) is 3. The van der Waals surface area contributed by atoms with Crippen LogP contribution in [-0.4, -0.2) is 11.0 Å². The molecule has 0 unspecified atom stereocenters. The largest absolute Gasteiger partial charge is 0.331 e. The van der Waals surface area contributed by atoms with Crippen molar-refractivity contribution in [2.24, 2.45) is 0 Å². The van der Waals surface area contributed by atoms with Crippen LogP contribution in [0.25, 0.3) is 0 Å². The van der Waals surface area contributed by atoms with Gasteiger partial charge in [0.05, 0.1) is 6.04 Å². The second-order valence-corrected chi connectivity index (χ2v) is 4.72. The molecule has 0 aliphatic carbocycles. The van der Waals surface area contributed by atoms with Crippen LogP contribution < -0.4 is 10.6 Å². The fourth-order valence-electron chi connectivity index (χ4n) is 1.54. The fourth-order valence-corrected chi connectivity index (χ4v) is 2.06. The Hall–Kier alpha value is -2.02. The van der Waals surface area contributed by atoms with Crippen molar-refractivity contribution in [1.29, 1.82) is 0 Å². The van der Waals surface area contributed by atoms with E-state index in [0.717, 1.165) is 18.2 Å². The third-order valence-corrected chi connectivity index (χ3v) is 3.11. The Morgan fingerprint density at radius 1 is 1.42 bits per heavy atom. The lowest BCUT2D eigenvalue weighted by molar-refractivity contribution is 0.249. The smallest absolute Gasteiger partial charge is 0.321 e. The summed E-state index contributed by atoms with van der Waals surface area (Å²) in [6.07, 6.45) is 1.55. The number of nitrogens with zero attached hydrogens (tertiary/aromatic N) is 1. The summed E-state index contributed by atoms with van der Waals surface area (Å²) in [6, 6.07) is 1.94. The Bertz CT molecular complexity index is 574. The summed E-state index contributed by atoms with van der Waals surface area (Å²) in [4.78, 5) is 15.5. The summed E-state index contributed by atoms with van der Waals surface area (Å²) >= 11 is 1.26. The molecule has 1 heterocycles. The molecule has 0 radical (unpaired) electrons. The minimum atomic E-state index is -0.657. The van der Waals surface area contributed by atoms with Gasteiger partial charge in [0.2, 0.25) is 0 Å². The summed E-state index contributed by atoms with van der Waals surface area (Å²) in [7, 11) is 0. The maximum absolute atomic E-state index is 13.5. The van der Waals surface area contributed by atoms with E-state index in [1.165, 1.54) is 11.3 Å². The van der Waals surface area contributed by atoms with Gasteiger partial charge >= 0.3 is 6.03 Å². The molecule has 2 aromatic rings. The molecule has 2 N–H and O–H groups in total. The summed E-state index contributed by atoms with van der Waals surface area (Å²) < 4.78 is 26.5. The third kappa shape index (κ3) is 3.47.